The topological polar surface area (TPSA) is 106 Å². The van der Waals surface area contributed by atoms with Crippen molar-refractivity contribution in [3.8, 4) is 0 Å². The standard InChI is InChI=1S/C4H5N3O3/c5-1-3(8)10-4(9)2-7-6/h2H,1,5H2. The fourth-order valence-electron chi connectivity index (χ4n) is 0.227. The van der Waals surface area contributed by atoms with Crippen LogP contribution in [0.3, 0.4) is 0 Å². The Morgan fingerprint density at radius 2 is 2.30 bits per heavy atom. The molecule has 0 atom stereocenters. The molecule has 0 fully saturated rings. The summed E-state index contributed by atoms with van der Waals surface area (Å²) in [6.07, 6.45) is 0.452. The van der Waals surface area contributed by atoms with E-state index in [2.05, 4.69) is 9.53 Å². The van der Waals surface area contributed by atoms with E-state index < -0.39 is 11.9 Å². The van der Waals surface area contributed by atoms with Crippen molar-refractivity contribution in [3.05, 3.63) is 5.53 Å². The molecule has 0 aromatic carbocycles. The van der Waals surface area contributed by atoms with Crippen LogP contribution in [0, 0.1) is 0 Å². The zero-order valence-electron chi connectivity index (χ0n) is 4.98. The molecule has 0 bridgehead atoms. The number of carbonyl (C=O) groups is 2. The van der Waals surface area contributed by atoms with E-state index in [0.29, 0.717) is 6.21 Å². The van der Waals surface area contributed by atoms with Gasteiger partial charge in [-0.2, -0.15) is 4.79 Å². The highest BCUT2D eigenvalue weighted by molar-refractivity contribution is 6.23. The molecule has 0 aliphatic rings. The van der Waals surface area contributed by atoms with Gasteiger partial charge in [0.2, 0.25) is 0 Å². The van der Waals surface area contributed by atoms with Crippen molar-refractivity contribution in [2.75, 3.05) is 6.54 Å². The Labute approximate surface area is 56.2 Å². The number of nitrogens with zero attached hydrogens (tertiary/aromatic N) is 2. The maximum Gasteiger partial charge on any atom is 0.421 e. The van der Waals surface area contributed by atoms with Gasteiger partial charge in [0, 0.05) is 0 Å². The third-order valence-electron chi connectivity index (χ3n) is 0.544. The van der Waals surface area contributed by atoms with Gasteiger partial charge in [-0.25, -0.2) is 4.79 Å². The monoisotopic (exact) mass is 143 g/mol. The number of hydrogen-bond donors (Lipinski definition) is 1. The van der Waals surface area contributed by atoms with Crippen LogP contribution in [0.4, 0.5) is 0 Å². The molecular weight excluding hydrogens is 138 g/mol. The molecule has 0 aromatic heterocycles. The Morgan fingerprint density at radius 1 is 1.70 bits per heavy atom. The minimum Gasteiger partial charge on any atom is -0.384 e. The summed E-state index contributed by atoms with van der Waals surface area (Å²) in [4.78, 5) is 22.7. The molecule has 6 nitrogen and oxygen atoms in total. The van der Waals surface area contributed by atoms with Crippen LogP contribution in [0.5, 0.6) is 0 Å². The minimum atomic E-state index is -1.04. The van der Waals surface area contributed by atoms with Crippen LogP contribution < -0.4 is 5.73 Å². The lowest BCUT2D eigenvalue weighted by Crippen LogP contribution is -2.21. The van der Waals surface area contributed by atoms with E-state index in [1.807, 2.05) is 0 Å². The summed E-state index contributed by atoms with van der Waals surface area (Å²) in [5.74, 6) is -1.91. The zero-order valence-corrected chi connectivity index (χ0v) is 4.98. The molecule has 0 saturated carbocycles. The highest BCUT2D eigenvalue weighted by Gasteiger charge is 2.08. The van der Waals surface area contributed by atoms with Crippen molar-refractivity contribution >= 4 is 18.2 Å². The first-order valence-electron chi connectivity index (χ1n) is 2.33. The van der Waals surface area contributed by atoms with Crippen molar-refractivity contribution in [1.82, 2.24) is 0 Å². The van der Waals surface area contributed by atoms with Gasteiger partial charge < -0.3 is 16.0 Å². The second-order valence-electron chi connectivity index (χ2n) is 1.24. The third kappa shape index (κ3) is 3.48. The van der Waals surface area contributed by atoms with E-state index in [-0.39, 0.29) is 6.54 Å². The van der Waals surface area contributed by atoms with Gasteiger partial charge in [0.1, 0.15) is 0 Å². The lowest BCUT2D eigenvalue weighted by molar-refractivity contribution is -0.155. The van der Waals surface area contributed by atoms with E-state index in [0.717, 1.165) is 0 Å². The van der Waals surface area contributed by atoms with Gasteiger partial charge in [0.15, 0.2) is 0 Å². The molecule has 0 radical (unpaired) electrons. The van der Waals surface area contributed by atoms with Gasteiger partial charge in [-0.1, -0.05) is 0 Å². The molecule has 0 rings (SSSR count). The fraction of sp³-hybridized carbons (Fsp3) is 0.250. The van der Waals surface area contributed by atoms with E-state index in [1.54, 1.807) is 0 Å². The summed E-state index contributed by atoms with van der Waals surface area (Å²) in [5.41, 5.74) is 12.5. The summed E-state index contributed by atoms with van der Waals surface area (Å²) in [7, 11) is 0. The van der Waals surface area contributed by atoms with Gasteiger partial charge in [0.05, 0.1) is 6.54 Å². The van der Waals surface area contributed by atoms with Crippen molar-refractivity contribution in [2.24, 2.45) is 5.73 Å². The predicted octanol–water partition coefficient (Wildman–Crippen LogP) is -1.68. The van der Waals surface area contributed by atoms with Gasteiger partial charge in [-0.05, 0) is 0 Å². The highest BCUT2D eigenvalue weighted by Crippen LogP contribution is 1.73. The van der Waals surface area contributed by atoms with Crippen LogP contribution in [0.2, 0.25) is 0 Å². The second-order valence-corrected chi connectivity index (χ2v) is 1.24. The molecule has 0 spiro atoms. The van der Waals surface area contributed by atoms with Crippen molar-refractivity contribution < 1.29 is 19.1 Å². The molecule has 0 aromatic rings. The molecule has 0 heterocycles. The van der Waals surface area contributed by atoms with E-state index >= 15 is 0 Å². The first kappa shape index (κ1) is 8.48. The van der Waals surface area contributed by atoms with Crippen LogP contribution in [0.15, 0.2) is 0 Å². The largest absolute Gasteiger partial charge is 0.421 e. The van der Waals surface area contributed by atoms with Crippen molar-refractivity contribution in [3.63, 3.8) is 0 Å². The Balaban J connectivity index is 3.79. The molecule has 0 aliphatic heterocycles. The van der Waals surface area contributed by atoms with Crippen LogP contribution in [-0.4, -0.2) is 29.5 Å². The number of nitrogens with two attached hydrogens (primary N) is 1. The summed E-state index contributed by atoms with van der Waals surface area (Å²) in [6, 6.07) is 0. The van der Waals surface area contributed by atoms with Gasteiger partial charge in [0.25, 0.3) is 0 Å². The molecule has 0 aliphatic carbocycles. The van der Waals surface area contributed by atoms with Crippen LogP contribution in [-0.2, 0) is 14.3 Å². The molecule has 0 saturated heterocycles. The maximum absolute atomic E-state index is 10.2. The average Bonchev–Trinajstić information content (AvgIpc) is 1.88. The van der Waals surface area contributed by atoms with Crippen LogP contribution in [0.25, 0.3) is 5.53 Å². The number of hydrogen-bond acceptors (Lipinski definition) is 4. The Hall–Kier alpha value is -1.52. The summed E-state index contributed by atoms with van der Waals surface area (Å²) in [5, 5.41) is 0. The molecule has 0 amide bonds. The molecule has 2 N–H and O–H groups in total. The Kier molecular flexibility index (Phi) is 3.70. The summed E-state index contributed by atoms with van der Waals surface area (Å²) >= 11 is 0. The fourth-order valence-corrected chi connectivity index (χ4v) is 0.227. The third-order valence-corrected chi connectivity index (χ3v) is 0.544. The smallest absolute Gasteiger partial charge is 0.384 e. The maximum atomic E-state index is 10.2. The van der Waals surface area contributed by atoms with Gasteiger partial charge in [-0.15, -0.1) is 0 Å². The Bertz CT molecular complexity index is 194. The number of esters is 2. The SMILES string of the molecule is [N-]=[N+]=CC(=O)OC(=O)CN. The molecule has 10 heavy (non-hydrogen) atoms. The zero-order chi connectivity index (χ0) is 7.98. The quantitative estimate of drug-likeness (QED) is 0.164. The van der Waals surface area contributed by atoms with E-state index in [4.69, 9.17) is 11.3 Å². The minimum absolute atomic E-state index is 0.384. The molecular formula is C4H5N3O3. The van der Waals surface area contributed by atoms with Crippen LogP contribution in [0.1, 0.15) is 0 Å². The lowest BCUT2D eigenvalue weighted by atomic mass is 10.7. The molecule has 54 valence electrons. The molecule has 6 heteroatoms. The lowest BCUT2D eigenvalue weighted by Gasteiger charge is -1.90. The van der Waals surface area contributed by atoms with Gasteiger partial charge >= 0.3 is 18.2 Å². The number of rotatable bonds is 2. The van der Waals surface area contributed by atoms with Crippen molar-refractivity contribution in [1.29, 1.82) is 0 Å². The van der Waals surface area contributed by atoms with E-state index in [1.165, 1.54) is 0 Å². The predicted molar refractivity (Wildman–Crippen MR) is 29.8 cm³/mol. The Morgan fingerprint density at radius 3 is 2.70 bits per heavy atom. The van der Waals surface area contributed by atoms with E-state index in [9.17, 15) is 9.59 Å². The number of carbonyl (C=O) groups excluding carboxylic acids is 2. The van der Waals surface area contributed by atoms with Gasteiger partial charge in [-0.3, -0.25) is 4.79 Å². The summed E-state index contributed by atoms with van der Waals surface area (Å²) in [6.45, 7) is -0.384. The first-order chi connectivity index (χ1) is 4.70. The molecule has 0 unspecified atom stereocenters. The van der Waals surface area contributed by atoms with Crippen molar-refractivity contribution in [2.45, 2.75) is 0 Å². The normalized spacial score (nSPS) is 7.70. The van der Waals surface area contributed by atoms with Crippen LogP contribution >= 0.6 is 0 Å². The second kappa shape index (κ2) is 4.37. The summed E-state index contributed by atoms with van der Waals surface area (Å²) < 4.78 is 3.93. The average molecular weight is 143 g/mol. The number of ether oxygens (including phenoxy) is 1. The first-order valence-corrected chi connectivity index (χ1v) is 2.33. The highest BCUT2D eigenvalue weighted by atomic mass is 16.6.